The van der Waals surface area contributed by atoms with E-state index >= 15 is 0 Å². The van der Waals surface area contributed by atoms with E-state index in [0.717, 1.165) is 16.5 Å². The normalized spacial score (nSPS) is 10.8. The van der Waals surface area contributed by atoms with Gasteiger partial charge in [0.2, 0.25) is 5.91 Å². The van der Waals surface area contributed by atoms with Gasteiger partial charge in [-0.1, -0.05) is 47.3 Å². The van der Waals surface area contributed by atoms with Gasteiger partial charge in [0.05, 0.1) is 0 Å². The van der Waals surface area contributed by atoms with Gasteiger partial charge in [0.25, 0.3) is 0 Å². The van der Waals surface area contributed by atoms with Crippen LogP contribution < -0.4 is 5.32 Å². The number of benzene rings is 1. The maximum absolute atomic E-state index is 11.9. The minimum Gasteiger partial charge on any atom is -0.360 e. The molecule has 0 fully saturated rings. The van der Waals surface area contributed by atoms with Crippen molar-refractivity contribution in [3.05, 3.63) is 42.2 Å². The van der Waals surface area contributed by atoms with Crippen LogP contribution in [-0.4, -0.2) is 31.6 Å². The van der Waals surface area contributed by atoms with Gasteiger partial charge in [0, 0.05) is 30.9 Å². The summed E-state index contributed by atoms with van der Waals surface area (Å²) in [5.74, 6) is 2.39. The molecule has 0 saturated carbocycles. The van der Waals surface area contributed by atoms with Crippen molar-refractivity contribution in [2.75, 3.05) is 11.1 Å². The Hall–Kier alpha value is -2.61. The molecule has 0 spiro atoms. The second-order valence-corrected chi connectivity index (χ2v) is 6.26. The molecule has 1 N–H and O–H groups in total. The molecule has 2 heterocycles. The molecule has 24 heavy (non-hydrogen) atoms. The first kappa shape index (κ1) is 16.3. The van der Waals surface area contributed by atoms with E-state index in [1.54, 1.807) is 13.0 Å². The highest BCUT2D eigenvalue weighted by atomic mass is 32.2. The van der Waals surface area contributed by atoms with Gasteiger partial charge in [0.15, 0.2) is 16.8 Å². The Labute approximate surface area is 143 Å². The number of amides is 1. The summed E-state index contributed by atoms with van der Waals surface area (Å²) in [7, 11) is 1.92. The van der Waals surface area contributed by atoms with Gasteiger partial charge in [-0.25, -0.2) is 0 Å². The Balaban J connectivity index is 1.54. The number of hydrogen-bond donors (Lipinski definition) is 1. The van der Waals surface area contributed by atoms with E-state index in [2.05, 4.69) is 20.7 Å². The number of anilines is 1. The van der Waals surface area contributed by atoms with Gasteiger partial charge in [0.1, 0.15) is 5.76 Å². The van der Waals surface area contributed by atoms with Gasteiger partial charge in [-0.3, -0.25) is 4.79 Å². The Morgan fingerprint density at radius 1 is 1.29 bits per heavy atom. The summed E-state index contributed by atoms with van der Waals surface area (Å²) >= 11 is 1.49. The maximum Gasteiger partial charge on any atom is 0.226 e. The van der Waals surface area contributed by atoms with Gasteiger partial charge < -0.3 is 14.4 Å². The van der Waals surface area contributed by atoms with Crippen molar-refractivity contribution in [3.63, 3.8) is 0 Å². The molecule has 3 rings (SSSR count). The number of aromatic nitrogens is 4. The number of nitrogens with zero attached hydrogens (tertiary/aromatic N) is 4. The molecule has 0 aliphatic rings. The lowest BCUT2D eigenvalue weighted by molar-refractivity contribution is -0.115. The van der Waals surface area contributed by atoms with Gasteiger partial charge in [-0.05, 0) is 6.92 Å². The number of thioether (sulfide) groups is 1. The Kier molecular flexibility index (Phi) is 4.95. The molecule has 124 valence electrons. The van der Waals surface area contributed by atoms with Crippen molar-refractivity contribution in [2.24, 2.45) is 7.05 Å². The third-order valence-corrected chi connectivity index (χ3v) is 4.34. The summed E-state index contributed by atoms with van der Waals surface area (Å²) in [5, 5.41) is 15.6. The van der Waals surface area contributed by atoms with Crippen LogP contribution in [0.5, 0.6) is 0 Å². The van der Waals surface area contributed by atoms with Crippen molar-refractivity contribution in [2.45, 2.75) is 18.5 Å². The Bertz CT molecular complexity index is 828. The van der Waals surface area contributed by atoms with E-state index < -0.39 is 0 Å². The molecular formula is C16H17N5O2S. The molecule has 1 aromatic carbocycles. The van der Waals surface area contributed by atoms with Crippen LogP contribution >= 0.6 is 11.8 Å². The number of rotatable bonds is 6. The number of aryl methyl sites for hydroxylation is 1. The van der Waals surface area contributed by atoms with Crippen LogP contribution in [0, 0.1) is 6.92 Å². The molecule has 0 bridgehead atoms. The zero-order valence-electron chi connectivity index (χ0n) is 13.4. The first-order valence-electron chi connectivity index (χ1n) is 7.44. The van der Waals surface area contributed by atoms with E-state index in [1.165, 1.54) is 11.8 Å². The summed E-state index contributed by atoms with van der Waals surface area (Å²) in [6.07, 6.45) is 0.351. The molecular weight excluding hydrogens is 326 g/mol. The average Bonchev–Trinajstić information content (AvgIpc) is 3.14. The standard InChI is InChI=1S/C16H17N5O2S/c1-11-10-13(20-23-11)17-14(22)8-9-24-16-19-18-15(21(16)2)12-6-4-3-5-7-12/h3-7,10H,8-9H2,1-2H3,(H,17,20,22). The molecule has 0 unspecified atom stereocenters. The second-order valence-electron chi connectivity index (χ2n) is 5.20. The molecule has 7 nitrogen and oxygen atoms in total. The predicted octanol–water partition coefficient (Wildman–Crippen LogP) is 2.90. The molecule has 0 atom stereocenters. The smallest absolute Gasteiger partial charge is 0.226 e. The molecule has 3 aromatic rings. The summed E-state index contributed by atoms with van der Waals surface area (Å²) in [6.45, 7) is 1.77. The van der Waals surface area contributed by atoms with Crippen LogP contribution in [0.2, 0.25) is 0 Å². The predicted molar refractivity (Wildman–Crippen MR) is 91.6 cm³/mol. The van der Waals surface area contributed by atoms with Crippen LogP contribution in [0.1, 0.15) is 12.2 Å². The highest BCUT2D eigenvalue weighted by Gasteiger charge is 2.12. The topological polar surface area (TPSA) is 85.8 Å². The Morgan fingerprint density at radius 3 is 2.79 bits per heavy atom. The number of nitrogens with one attached hydrogen (secondary N) is 1. The number of hydrogen-bond acceptors (Lipinski definition) is 6. The van der Waals surface area contributed by atoms with E-state index in [0.29, 0.717) is 23.8 Å². The van der Waals surface area contributed by atoms with Crippen molar-refractivity contribution < 1.29 is 9.32 Å². The quantitative estimate of drug-likeness (QED) is 0.693. The van der Waals surface area contributed by atoms with Crippen LogP contribution in [0.25, 0.3) is 11.4 Å². The minimum atomic E-state index is -0.110. The molecule has 0 aliphatic carbocycles. The highest BCUT2D eigenvalue weighted by Crippen LogP contribution is 2.22. The van der Waals surface area contributed by atoms with E-state index in [-0.39, 0.29) is 5.91 Å². The van der Waals surface area contributed by atoms with Crippen molar-refractivity contribution >= 4 is 23.5 Å². The third-order valence-electron chi connectivity index (χ3n) is 3.32. The van der Waals surface area contributed by atoms with Crippen molar-refractivity contribution in [3.8, 4) is 11.4 Å². The summed E-state index contributed by atoms with van der Waals surface area (Å²) < 4.78 is 6.84. The first-order valence-corrected chi connectivity index (χ1v) is 8.43. The summed E-state index contributed by atoms with van der Waals surface area (Å²) in [4.78, 5) is 11.9. The van der Waals surface area contributed by atoms with Gasteiger partial charge in [-0.15, -0.1) is 10.2 Å². The largest absolute Gasteiger partial charge is 0.360 e. The molecule has 2 aromatic heterocycles. The van der Waals surface area contributed by atoms with E-state index in [1.807, 2.05) is 41.9 Å². The van der Waals surface area contributed by atoms with Crippen LogP contribution in [0.4, 0.5) is 5.82 Å². The zero-order valence-corrected chi connectivity index (χ0v) is 14.2. The van der Waals surface area contributed by atoms with Crippen LogP contribution in [0.15, 0.2) is 46.1 Å². The first-order chi connectivity index (χ1) is 11.6. The lowest BCUT2D eigenvalue weighted by atomic mass is 10.2. The minimum absolute atomic E-state index is 0.110. The molecule has 8 heteroatoms. The van der Waals surface area contributed by atoms with Crippen molar-refractivity contribution in [1.82, 2.24) is 19.9 Å². The Morgan fingerprint density at radius 2 is 2.08 bits per heavy atom. The second kappa shape index (κ2) is 7.31. The number of carbonyl (C=O) groups is 1. The fourth-order valence-corrected chi connectivity index (χ4v) is 2.99. The SMILES string of the molecule is Cc1cc(NC(=O)CCSc2nnc(-c3ccccc3)n2C)no1. The molecule has 0 saturated heterocycles. The summed E-state index contributed by atoms with van der Waals surface area (Å²) in [5.41, 5.74) is 1.01. The number of carbonyl (C=O) groups excluding carboxylic acids is 1. The monoisotopic (exact) mass is 343 g/mol. The van der Waals surface area contributed by atoms with E-state index in [9.17, 15) is 4.79 Å². The fraction of sp³-hybridized carbons (Fsp3) is 0.250. The van der Waals surface area contributed by atoms with Crippen LogP contribution in [-0.2, 0) is 11.8 Å². The average molecular weight is 343 g/mol. The molecule has 0 radical (unpaired) electrons. The van der Waals surface area contributed by atoms with Crippen LogP contribution in [0.3, 0.4) is 0 Å². The molecule has 1 amide bonds. The van der Waals surface area contributed by atoms with Gasteiger partial charge >= 0.3 is 0 Å². The fourth-order valence-electron chi connectivity index (χ4n) is 2.14. The molecule has 0 aliphatic heterocycles. The lowest BCUT2D eigenvalue weighted by Crippen LogP contribution is -2.12. The third kappa shape index (κ3) is 3.83. The summed E-state index contributed by atoms with van der Waals surface area (Å²) in [6, 6.07) is 11.6. The van der Waals surface area contributed by atoms with Crippen molar-refractivity contribution in [1.29, 1.82) is 0 Å². The lowest BCUT2D eigenvalue weighted by Gasteiger charge is -2.04. The van der Waals surface area contributed by atoms with Gasteiger partial charge in [-0.2, -0.15) is 0 Å². The maximum atomic E-state index is 11.9. The zero-order chi connectivity index (χ0) is 16.9. The highest BCUT2D eigenvalue weighted by molar-refractivity contribution is 7.99. The van der Waals surface area contributed by atoms with E-state index in [4.69, 9.17) is 4.52 Å².